The number of benzene rings is 2. The maximum absolute atomic E-state index is 12.3. The van der Waals surface area contributed by atoms with Crippen LogP contribution in [0.25, 0.3) is 6.08 Å². The van der Waals surface area contributed by atoms with Crippen LogP contribution in [0.3, 0.4) is 0 Å². The first-order valence-electron chi connectivity index (χ1n) is 9.16. The van der Waals surface area contributed by atoms with Gasteiger partial charge in [-0.1, -0.05) is 26.0 Å². The molecular weight excluding hydrogens is 354 g/mol. The van der Waals surface area contributed by atoms with Gasteiger partial charge in [-0.05, 0) is 60.4 Å². The minimum Gasteiger partial charge on any atom is -0.493 e. The Labute approximate surface area is 166 Å². The summed E-state index contributed by atoms with van der Waals surface area (Å²) in [5, 5.41) is 8.51. The lowest BCUT2D eigenvalue weighted by atomic mass is 10.1. The Hall–Kier alpha value is -3.26. The molecule has 0 bridgehead atoms. The topological polar surface area (TPSA) is 68.5 Å². The van der Waals surface area contributed by atoms with Gasteiger partial charge in [-0.15, -0.1) is 0 Å². The summed E-state index contributed by atoms with van der Waals surface area (Å²) in [6.45, 7) is 4.92. The molecule has 0 N–H and O–H groups in total. The predicted octanol–water partition coefficient (Wildman–Crippen LogP) is 4.92. The van der Waals surface area contributed by atoms with Gasteiger partial charge in [0.2, 0.25) is 0 Å². The molecule has 28 heavy (non-hydrogen) atoms. The molecule has 0 aliphatic rings. The van der Waals surface area contributed by atoms with Crippen LogP contribution in [0, 0.1) is 17.2 Å². The molecular formula is C23H25NO4. The van der Waals surface area contributed by atoms with Crippen LogP contribution in [0.2, 0.25) is 0 Å². The van der Waals surface area contributed by atoms with Gasteiger partial charge in [0, 0.05) is 5.56 Å². The first-order chi connectivity index (χ1) is 13.5. The van der Waals surface area contributed by atoms with E-state index in [0.717, 1.165) is 12.0 Å². The van der Waals surface area contributed by atoms with E-state index in [1.807, 2.05) is 24.3 Å². The number of carbonyl (C=O) groups is 1. The molecule has 146 valence electrons. The van der Waals surface area contributed by atoms with Crippen molar-refractivity contribution in [2.75, 3.05) is 20.3 Å². The highest BCUT2D eigenvalue weighted by molar-refractivity contribution is 6.06. The highest BCUT2D eigenvalue weighted by Crippen LogP contribution is 2.29. The van der Waals surface area contributed by atoms with Crippen LogP contribution >= 0.6 is 0 Å². The van der Waals surface area contributed by atoms with Crippen LogP contribution in [0.15, 0.2) is 48.5 Å². The van der Waals surface area contributed by atoms with Gasteiger partial charge in [0.05, 0.1) is 13.7 Å². The van der Waals surface area contributed by atoms with Crippen LogP contribution in [0.5, 0.6) is 17.2 Å². The van der Waals surface area contributed by atoms with Crippen molar-refractivity contribution < 1.29 is 19.0 Å². The van der Waals surface area contributed by atoms with Crippen LogP contribution in [0.1, 0.15) is 36.2 Å². The number of ether oxygens (including phenoxy) is 3. The Balaban J connectivity index is 2.02. The molecule has 2 aromatic rings. The van der Waals surface area contributed by atoms with Crippen molar-refractivity contribution in [3.63, 3.8) is 0 Å². The van der Waals surface area contributed by atoms with Gasteiger partial charge >= 0.3 is 0 Å². The Morgan fingerprint density at radius 2 is 1.86 bits per heavy atom. The Kier molecular flexibility index (Phi) is 8.11. The van der Waals surface area contributed by atoms with E-state index in [0.29, 0.717) is 35.3 Å². The van der Waals surface area contributed by atoms with Gasteiger partial charge in [-0.2, -0.15) is 5.26 Å². The van der Waals surface area contributed by atoms with E-state index in [-0.39, 0.29) is 12.4 Å². The number of nitrogens with zero attached hydrogens (tertiary/aromatic N) is 1. The van der Waals surface area contributed by atoms with Gasteiger partial charge in [0.25, 0.3) is 0 Å². The lowest BCUT2D eigenvalue weighted by molar-refractivity contribution is 0.104. The van der Waals surface area contributed by atoms with Crippen molar-refractivity contribution in [1.29, 1.82) is 5.26 Å². The standard InChI is InChI=1S/C23H25NO4/c1-17(2)12-14-28-22-11-5-18(16-23(22)26-3)4-10-21(25)19-6-8-20(9-7-19)27-15-13-24/h4-11,16-17H,12,14-15H2,1-3H3/b10-4+. The highest BCUT2D eigenvalue weighted by atomic mass is 16.5. The van der Waals surface area contributed by atoms with E-state index >= 15 is 0 Å². The summed E-state index contributed by atoms with van der Waals surface area (Å²) in [6, 6.07) is 14.2. The number of rotatable bonds is 10. The van der Waals surface area contributed by atoms with Gasteiger partial charge in [-0.3, -0.25) is 4.79 Å². The quantitative estimate of drug-likeness (QED) is 0.433. The summed E-state index contributed by atoms with van der Waals surface area (Å²) in [4.78, 5) is 12.3. The van der Waals surface area contributed by atoms with Crippen LogP contribution in [-0.4, -0.2) is 26.1 Å². The van der Waals surface area contributed by atoms with Crippen molar-refractivity contribution >= 4 is 11.9 Å². The lowest BCUT2D eigenvalue weighted by Crippen LogP contribution is -2.02. The number of nitriles is 1. The molecule has 0 aliphatic carbocycles. The van der Waals surface area contributed by atoms with E-state index < -0.39 is 0 Å². The fourth-order valence-corrected chi connectivity index (χ4v) is 2.41. The number of hydrogen-bond donors (Lipinski definition) is 0. The molecule has 5 heteroatoms. The Bertz CT molecular complexity index is 848. The molecule has 0 saturated carbocycles. The van der Waals surface area contributed by atoms with Crippen LogP contribution < -0.4 is 14.2 Å². The zero-order chi connectivity index (χ0) is 20.4. The second-order valence-corrected chi connectivity index (χ2v) is 6.61. The van der Waals surface area contributed by atoms with Crippen molar-refractivity contribution in [2.24, 2.45) is 5.92 Å². The van der Waals surface area contributed by atoms with Gasteiger partial charge in [-0.25, -0.2) is 0 Å². The van der Waals surface area contributed by atoms with E-state index in [2.05, 4.69) is 13.8 Å². The van der Waals surface area contributed by atoms with Gasteiger partial charge < -0.3 is 14.2 Å². The summed E-state index contributed by atoms with van der Waals surface area (Å²) >= 11 is 0. The predicted molar refractivity (Wildman–Crippen MR) is 109 cm³/mol. The molecule has 2 rings (SSSR count). The lowest BCUT2D eigenvalue weighted by Gasteiger charge is -2.12. The normalized spacial score (nSPS) is 10.7. The minimum atomic E-state index is -0.122. The molecule has 0 radical (unpaired) electrons. The van der Waals surface area contributed by atoms with E-state index in [1.54, 1.807) is 37.5 Å². The molecule has 0 aromatic heterocycles. The molecule has 5 nitrogen and oxygen atoms in total. The third kappa shape index (κ3) is 6.48. The fraction of sp³-hybridized carbons (Fsp3) is 0.304. The number of ketones is 1. The third-order valence-electron chi connectivity index (χ3n) is 4.01. The van der Waals surface area contributed by atoms with Crippen molar-refractivity contribution in [1.82, 2.24) is 0 Å². The molecule has 0 aliphatic heterocycles. The molecule has 0 atom stereocenters. The fourth-order valence-electron chi connectivity index (χ4n) is 2.41. The van der Waals surface area contributed by atoms with Crippen molar-refractivity contribution in [3.8, 4) is 23.3 Å². The first kappa shape index (κ1) is 21.0. The SMILES string of the molecule is COc1cc(/C=C/C(=O)c2ccc(OCC#N)cc2)ccc1OCCC(C)C. The maximum Gasteiger partial charge on any atom is 0.185 e. The van der Waals surface area contributed by atoms with E-state index in [4.69, 9.17) is 19.5 Å². The largest absolute Gasteiger partial charge is 0.493 e. The first-order valence-corrected chi connectivity index (χ1v) is 9.16. The summed E-state index contributed by atoms with van der Waals surface area (Å²) in [5.74, 6) is 2.34. The van der Waals surface area contributed by atoms with Gasteiger partial charge in [0.1, 0.15) is 11.8 Å². The van der Waals surface area contributed by atoms with E-state index in [1.165, 1.54) is 6.08 Å². The number of hydrogen-bond acceptors (Lipinski definition) is 5. The van der Waals surface area contributed by atoms with E-state index in [9.17, 15) is 4.79 Å². The average Bonchev–Trinajstić information content (AvgIpc) is 2.71. The van der Waals surface area contributed by atoms with Crippen LogP contribution in [-0.2, 0) is 0 Å². The van der Waals surface area contributed by atoms with Gasteiger partial charge in [0.15, 0.2) is 23.9 Å². The molecule has 0 saturated heterocycles. The third-order valence-corrected chi connectivity index (χ3v) is 4.01. The molecule has 2 aromatic carbocycles. The molecule has 0 spiro atoms. The number of carbonyl (C=O) groups excluding carboxylic acids is 1. The summed E-state index contributed by atoms with van der Waals surface area (Å²) < 4.78 is 16.4. The molecule has 0 fully saturated rings. The summed E-state index contributed by atoms with van der Waals surface area (Å²) in [6.07, 6.45) is 4.22. The molecule has 0 amide bonds. The smallest absolute Gasteiger partial charge is 0.185 e. The number of allylic oxidation sites excluding steroid dienone is 1. The second kappa shape index (κ2) is 10.8. The second-order valence-electron chi connectivity index (χ2n) is 6.61. The summed E-state index contributed by atoms with van der Waals surface area (Å²) in [7, 11) is 1.60. The maximum atomic E-state index is 12.3. The number of methoxy groups -OCH3 is 1. The van der Waals surface area contributed by atoms with Crippen LogP contribution in [0.4, 0.5) is 0 Å². The highest BCUT2D eigenvalue weighted by Gasteiger charge is 2.07. The minimum absolute atomic E-state index is 0.0216. The molecule has 0 heterocycles. The van der Waals surface area contributed by atoms with Crippen molar-refractivity contribution in [3.05, 3.63) is 59.7 Å². The zero-order valence-corrected chi connectivity index (χ0v) is 16.5. The van der Waals surface area contributed by atoms with Crippen molar-refractivity contribution in [2.45, 2.75) is 20.3 Å². The monoisotopic (exact) mass is 379 g/mol. The Morgan fingerprint density at radius 3 is 2.50 bits per heavy atom. The Morgan fingerprint density at radius 1 is 1.11 bits per heavy atom. The zero-order valence-electron chi connectivity index (χ0n) is 16.5. The summed E-state index contributed by atoms with van der Waals surface area (Å²) in [5.41, 5.74) is 1.39. The average molecular weight is 379 g/mol. The molecule has 0 unspecified atom stereocenters.